The van der Waals surface area contributed by atoms with Crippen molar-refractivity contribution in [3.63, 3.8) is 0 Å². The topological polar surface area (TPSA) is 35.5 Å². The maximum absolute atomic E-state index is 13.1. The standard InChI is InChI=1S/C15H19FO3/c1-11(12-4-2-5-13(16)10-12)19-15(17)8-7-14-6-3-9-18-14/h2,4-5,10-11,14H,3,6-9H2,1H3. The Hall–Kier alpha value is -1.42. The van der Waals surface area contributed by atoms with Crippen LogP contribution in [-0.2, 0) is 14.3 Å². The van der Waals surface area contributed by atoms with Gasteiger partial charge in [0.2, 0.25) is 0 Å². The van der Waals surface area contributed by atoms with E-state index in [-0.39, 0.29) is 17.9 Å². The molecule has 4 heteroatoms. The van der Waals surface area contributed by atoms with Crippen LogP contribution in [-0.4, -0.2) is 18.7 Å². The second kappa shape index (κ2) is 6.66. The Morgan fingerprint density at radius 3 is 3.11 bits per heavy atom. The highest BCUT2D eigenvalue weighted by molar-refractivity contribution is 5.69. The summed E-state index contributed by atoms with van der Waals surface area (Å²) in [6, 6.07) is 6.12. The van der Waals surface area contributed by atoms with Gasteiger partial charge in [0.05, 0.1) is 6.10 Å². The molecule has 0 radical (unpaired) electrons. The largest absolute Gasteiger partial charge is 0.458 e. The zero-order chi connectivity index (χ0) is 13.7. The van der Waals surface area contributed by atoms with Gasteiger partial charge < -0.3 is 9.47 Å². The van der Waals surface area contributed by atoms with Gasteiger partial charge in [-0.2, -0.15) is 0 Å². The fraction of sp³-hybridized carbons (Fsp3) is 0.533. The Bertz CT molecular complexity index is 427. The van der Waals surface area contributed by atoms with Crippen molar-refractivity contribution in [3.8, 4) is 0 Å². The first kappa shape index (κ1) is 14.0. The summed E-state index contributed by atoms with van der Waals surface area (Å²) in [5, 5.41) is 0. The SMILES string of the molecule is CC(OC(=O)CCC1CCCO1)c1cccc(F)c1. The number of hydrogen-bond acceptors (Lipinski definition) is 3. The van der Waals surface area contributed by atoms with Crippen LogP contribution < -0.4 is 0 Å². The van der Waals surface area contributed by atoms with E-state index in [9.17, 15) is 9.18 Å². The van der Waals surface area contributed by atoms with E-state index in [0.717, 1.165) is 19.4 Å². The predicted octanol–water partition coefficient (Wildman–Crippen LogP) is 3.39. The van der Waals surface area contributed by atoms with Crippen molar-refractivity contribution >= 4 is 5.97 Å². The van der Waals surface area contributed by atoms with Crippen molar-refractivity contribution in [1.29, 1.82) is 0 Å². The Balaban J connectivity index is 1.77. The molecule has 1 aliphatic heterocycles. The summed E-state index contributed by atoms with van der Waals surface area (Å²) in [6.07, 6.45) is 2.91. The minimum absolute atomic E-state index is 0.192. The number of rotatable bonds is 5. The molecule has 2 rings (SSSR count). The summed E-state index contributed by atoms with van der Waals surface area (Å²) in [5.74, 6) is -0.577. The van der Waals surface area contributed by atoms with E-state index < -0.39 is 6.10 Å². The lowest BCUT2D eigenvalue weighted by Crippen LogP contribution is -2.13. The van der Waals surface area contributed by atoms with Crippen LogP contribution in [0.15, 0.2) is 24.3 Å². The molecule has 0 bridgehead atoms. The number of ether oxygens (including phenoxy) is 2. The van der Waals surface area contributed by atoms with Crippen molar-refractivity contribution < 1.29 is 18.7 Å². The highest BCUT2D eigenvalue weighted by Crippen LogP contribution is 2.20. The Morgan fingerprint density at radius 2 is 2.42 bits per heavy atom. The number of esters is 1. The molecule has 1 aliphatic rings. The molecule has 1 heterocycles. The smallest absolute Gasteiger partial charge is 0.306 e. The molecule has 19 heavy (non-hydrogen) atoms. The third kappa shape index (κ3) is 4.31. The van der Waals surface area contributed by atoms with Crippen molar-refractivity contribution in [2.45, 2.75) is 44.8 Å². The van der Waals surface area contributed by atoms with Gasteiger partial charge in [0, 0.05) is 13.0 Å². The molecular weight excluding hydrogens is 247 g/mol. The average molecular weight is 266 g/mol. The summed E-state index contributed by atoms with van der Waals surface area (Å²) in [4.78, 5) is 11.7. The van der Waals surface area contributed by atoms with Gasteiger partial charge in [0.15, 0.2) is 0 Å². The van der Waals surface area contributed by atoms with Crippen LogP contribution in [0.25, 0.3) is 0 Å². The molecule has 0 saturated carbocycles. The monoisotopic (exact) mass is 266 g/mol. The number of carbonyl (C=O) groups excluding carboxylic acids is 1. The van der Waals surface area contributed by atoms with Crippen LogP contribution >= 0.6 is 0 Å². The van der Waals surface area contributed by atoms with Gasteiger partial charge in [-0.15, -0.1) is 0 Å². The zero-order valence-corrected chi connectivity index (χ0v) is 11.1. The fourth-order valence-corrected chi connectivity index (χ4v) is 2.23. The minimum Gasteiger partial charge on any atom is -0.458 e. The summed E-state index contributed by atoms with van der Waals surface area (Å²) in [5.41, 5.74) is 0.672. The van der Waals surface area contributed by atoms with Gasteiger partial charge in [-0.05, 0) is 43.9 Å². The number of halogens is 1. The molecule has 2 atom stereocenters. The molecule has 0 aliphatic carbocycles. The van der Waals surface area contributed by atoms with Crippen LogP contribution in [0.2, 0.25) is 0 Å². The van der Waals surface area contributed by atoms with Crippen molar-refractivity contribution in [1.82, 2.24) is 0 Å². The van der Waals surface area contributed by atoms with E-state index in [4.69, 9.17) is 9.47 Å². The van der Waals surface area contributed by atoms with Gasteiger partial charge in [-0.25, -0.2) is 4.39 Å². The molecule has 0 spiro atoms. The Morgan fingerprint density at radius 1 is 1.58 bits per heavy atom. The lowest BCUT2D eigenvalue weighted by molar-refractivity contribution is -0.149. The molecule has 0 N–H and O–H groups in total. The summed E-state index contributed by atoms with van der Waals surface area (Å²) < 4.78 is 23.8. The summed E-state index contributed by atoms with van der Waals surface area (Å²) >= 11 is 0. The fourth-order valence-electron chi connectivity index (χ4n) is 2.23. The van der Waals surface area contributed by atoms with Gasteiger partial charge in [-0.3, -0.25) is 4.79 Å². The van der Waals surface area contributed by atoms with Crippen molar-refractivity contribution in [3.05, 3.63) is 35.6 Å². The highest BCUT2D eigenvalue weighted by atomic mass is 19.1. The van der Waals surface area contributed by atoms with Crippen LogP contribution in [0.3, 0.4) is 0 Å². The molecule has 1 aromatic rings. The molecule has 1 fully saturated rings. The third-order valence-electron chi connectivity index (χ3n) is 3.32. The molecule has 1 aromatic carbocycles. The van der Waals surface area contributed by atoms with Gasteiger partial charge in [0.25, 0.3) is 0 Å². The minimum atomic E-state index is -0.423. The molecular formula is C15H19FO3. The summed E-state index contributed by atoms with van der Waals surface area (Å²) in [6.45, 7) is 2.54. The average Bonchev–Trinajstić information content (AvgIpc) is 2.89. The van der Waals surface area contributed by atoms with Crippen LogP contribution in [0.4, 0.5) is 4.39 Å². The highest BCUT2D eigenvalue weighted by Gasteiger charge is 2.18. The van der Waals surface area contributed by atoms with E-state index in [1.807, 2.05) is 0 Å². The van der Waals surface area contributed by atoms with Crippen LogP contribution in [0, 0.1) is 5.82 Å². The maximum atomic E-state index is 13.1. The second-order valence-electron chi connectivity index (χ2n) is 4.86. The van der Waals surface area contributed by atoms with Crippen LogP contribution in [0.5, 0.6) is 0 Å². The van der Waals surface area contributed by atoms with E-state index >= 15 is 0 Å². The normalized spacial score (nSPS) is 20.2. The number of benzene rings is 1. The molecule has 1 saturated heterocycles. The van der Waals surface area contributed by atoms with Gasteiger partial charge >= 0.3 is 5.97 Å². The summed E-state index contributed by atoms with van der Waals surface area (Å²) in [7, 11) is 0. The Kier molecular flexibility index (Phi) is 4.91. The third-order valence-corrected chi connectivity index (χ3v) is 3.32. The van der Waals surface area contributed by atoms with Crippen LogP contribution in [0.1, 0.15) is 44.3 Å². The first-order chi connectivity index (χ1) is 9.15. The van der Waals surface area contributed by atoms with Gasteiger partial charge in [-0.1, -0.05) is 12.1 Å². The molecule has 104 valence electrons. The van der Waals surface area contributed by atoms with E-state index in [1.165, 1.54) is 12.1 Å². The lowest BCUT2D eigenvalue weighted by Gasteiger charge is -2.14. The first-order valence-electron chi connectivity index (χ1n) is 6.71. The quantitative estimate of drug-likeness (QED) is 0.766. The molecule has 0 amide bonds. The van der Waals surface area contributed by atoms with Crippen molar-refractivity contribution in [2.75, 3.05) is 6.61 Å². The predicted molar refractivity (Wildman–Crippen MR) is 69.1 cm³/mol. The first-order valence-corrected chi connectivity index (χ1v) is 6.71. The van der Waals surface area contributed by atoms with E-state index in [2.05, 4.69) is 0 Å². The van der Waals surface area contributed by atoms with Gasteiger partial charge in [0.1, 0.15) is 11.9 Å². The second-order valence-corrected chi connectivity index (χ2v) is 4.86. The Labute approximate surface area is 112 Å². The lowest BCUT2D eigenvalue weighted by atomic mass is 10.1. The maximum Gasteiger partial charge on any atom is 0.306 e. The molecule has 2 unspecified atom stereocenters. The number of hydrogen-bond donors (Lipinski definition) is 0. The molecule has 3 nitrogen and oxygen atoms in total. The number of carbonyl (C=O) groups is 1. The molecule has 0 aromatic heterocycles. The van der Waals surface area contributed by atoms with Crippen molar-refractivity contribution in [2.24, 2.45) is 0 Å². The zero-order valence-electron chi connectivity index (χ0n) is 11.1. The van der Waals surface area contributed by atoms with E-state index in [0.29, 0.717) is 18.4 Å². The van der Waals surface area contributed by atoms with E-state index in [1.54, 1.807) is 19.1 Å².